The van der Waals surface area contributed by atoms with Gasteiger partial charge in [0.15, 0.2) is 5.79 Å². The zero-order valence-electron chi connectivity index (χ0n) is 11.7. The molecule has 0 bridgehead atoms. The van der Waals surface area contributed by atoms with E-state index in [1.54, 1.807) is 0 Å². The maximum atomic E-state index is 10.3. The van der Waals surface area contributed by atoms with Gasteiger partial charge in [-0.2, -0.15) is 0 Å². The summed E-state index contributed by atoms with van der Waals surface area (Å²) in [6, 6.07) is 9.62. The van der Waals surface area contributed by atoms with E-state index in [9.17, 15) is 5.11 Å². The van der Waals surface area contributed by atoms with Crippen LogP contribution in [0.5, 0.6) is 5.75 Å². The predicted molar refractivity (Wildman–Crippen MR) is 74.5 cm³/mol. The van der Waals surface area contributed by atoms with Crippen molar-refractivity contribution in [3.05, 3.63) is 30.3 Å². The Morgan fingerprint density at radius 2 is 1.80 bits per heavy atom. The molecule has 2 fully saturated rings. The van der Waals surface area contributed by atoms with Gasteiger partial charge in [0.1, 0.15) is 12.4 Å². The molecule has 1 saturated heterocycles. The highest BCUT2D eigenvalue weighted by atomic mass is 16.7. The van der Waals surface area contributed by atoms with Crippen LogP contribution in [0.25, 0.3) is 0 Å². The Bertz CT molecular complexity index is 404. The lowest BCUT2D eigenvalue weighted by molar-refractivity contribution is -0.187. The molecular weight excluding hydrogens is 256 g/mol. The Labute approximate surface area is 119 Å². The Morgan fingerprint density at radius 3 is 2.45 bits per heavy atom. The largest absolute Gasteiger partial charge is 0.491 e. The standard InChI is InChI=1S/C16H22O4/c17-15(12-18-14-4-2-1-3-5-14)13-6-8-16(9-7-13)19-10-11-20-16/h1-5,13,15,17H,6-12H2. The molecule has 1 N–H and O–H groups in total. The van der Waals surface area contributed by atoms with Crippen molar-refractivity contribution in [2.75, 3.05) is 19.8 Å². The highest BCUT2D eigenvalue weighted by Crippen LogP contribution is 2.39. The zero-order valence-corrected chi connectivity index (χ0v) is 11.7. The van der Waals surface area contributed by atoms with Gasteiger partial charge in [0.2, 0.25) is 0 Å². The van der Waals surface area contributed by atoms with Crippen molar-refractivity contribution in [2.24, 2.45) is 5.92 Å². The lowest BCUT2D eigenvalue weighted by Gasteiger charge is -2.36. The van der Waals surface area contributed by atoms with Crippen LogP contribution in [0, 0.1) is 5.92 Å². The molecule has 1 spiro atoms. The molecule has 110 valence electrons. The summed E-state index contributed by atoms with van der Waals surface area (Å²) >= 11 is 0. The van der Waals surface area contributed by atoms with E-state index in [0.717, 1.165) is 31.4 Å². The Balaban J connectivity index is 1.45. The summed E-state index contributed by atoms with van der Waals surface area (Å²) in [6.07, 6.45) is 3.19. The molecule has 1 saturated carbocycles. The van der Waals surface area contributed by atoms with E-state index in [1.807, 2.05) is 30.3 Å². The molecule has 0 aromatic heterocycles. The summed E-state index contributed by atoms with van der Waals surface area (Å²) < 4.78 is 17.0. The molecule has 1 unspecified atom stereocenters. The maximum absolute atomic E-state index is 10.3. The third kappa shape index (κ3) is 3.14. The van der Waals surface area contributed by atoms with Crippen molar-refractivity contribution in [1.82, 2.24) is 0 Å². The van der Waals surface area contributed by atoms with Crippen LogP contribution in [0.4, 0.5) is 0 Å². The number of rotatable bonds is 4. The van der Waals surface area contributed by atoms with E-state index in [4.69, 9.17) is 14.2 Å². The molecule has 1 aromatic carbocycles. The maximum Gasteiger partial charge on any atom is 0.168 e. The fourth-order valence-corrected chi connectivity index (χ4v) is 3.08. The van der Waals surface area contributed by atoms with Crippen LogP contribution in [0.1, 0.15) is 25.7 Å². The first-order valence-corrected chi connectivity index (χ1v) is 7.41. The first-order valence-electron chi connectivity index (χ1n) is 7.41. The molecule has 1 aromatic rings. The van der Waals surface area contributed by atoms with Crippen molar-refractivity contribution in [2.45, 2.75) is 37.6 Å². The molecule has 1 heterocycles. The normalized spacial score (nSPS) is 23.9. The average molecular weight is 278 g/mol. The fourth-order valence-electron chi connectivity index (χ4n) is 3.08. The van der Waals surface area contributed by atoms with Gasteiger partial charge in [0.05, 0.1) is 19.3 Å². The van der Waals surface area contributed by atoms with E-state index in [-0.39, 0.29) is 11.7 Å². The number of aliphatic hydroxyl groups is 1. The third-order valence-electron chi connectivity index (χ3n) is 4.31. The van der Waals surface area contributed by atoms with Crippen LogP contribution in [0.15, 0.2) is 30.3 Å². The molecule has 1 atom stereocenters. The van der Waals surface area contributed by atoms with Crippen LogP contribution < -0.4 is 4.74 Å². The molecule has 1 aliphatic heterocycles. The van der Waals surface area contributed by atoms with Crippen LogP contribution in [-0.4, -0.2) is 36.8 Å². The van der Waals surface area contributed by atoms with Gasteiger partial charge in [0, 0.05) is 12.8 Å². The second-order valence-corrected chi connectivity index (χ2v) is 5.64. The molecule has 4 nitrogen and oxygen atoms in total. The lowest BCUT2D eigenvalue weighted by Crippen LogP contribution is -2.39. The number of benzene rings is 1. The lowest BCUT2D eigenvalue weighted by atomic mass is 9.82. The van der Waals surface area contributed by atoms with E-state index >= 15 is 0 Å². The van der Waals surface area contributed by atoms with E-state index in [2.05, 4.69) is 0 Å². The summed E-state index contributed by atoms with van der Waals surface area (Å²) in [4.78, 5) is 0. The minimum absolute atomic E-state index is 0.275. The topological polar surface area (TPSA) is 47.9 Å². The predicted octanol–water partition coefficient (Wildman–Crippen LogP) is 2.36. The number of para-hydroxylation sites is 1. The highest BCUT2D eigenvalue weighted by molar-refractivity contribution is 5.20. The minimum atomic E-state index is -0.422. The molecule has 3 rings (SSSR count). The van der Waals surface area contributed by atoms with Gasteiger partial charge in [0.25, 0.3) is 0 Å². The molecule has 1 aliphatic carbocycles. The first kappa shape index (κ1) is 13.9. The fraction of sp³-hybridized carbons (Fsp3) is 0.625. The van der Waals surface area contributed by atoms with Gasteiger partial charge in [-0.15, -0.1) is 0 Å². The Hall–Kier alpha value is -1.10. The molecular formula is C16H22O4. The monoisotopic (exact) mass is 278 g/mol. The molecule has 0 amide bonds. The highest BCUT2D eigenvalue weighted by Gasteiger charge is 2.41. The summed E-state index contributed by atoms with van der Waals surface area (Å²) in [5.74, 6) is 0.731. The summed E-state index contributed by atoms with van der Waals surface area (Å²) in [5, 5.41) is 10.3. The van der Waals surface area contributed by atoms with Crippen molar-refractivity contribution in [3.63, 3.8) is 0 Å². The quantitative estimate of drug-likeness (QED) is 0.918. The van der Waals surface area contributed by atoms with Crippen molar-refractivity contribution in [1.29, 1.82) is 0 Å². The van der Waals surface area contributed by atoms with Gasteiger partial charge < -0.3 is 19.3 Å². The third-order valence-corrected chi connectivity index (χ3v) is 4.31. The average Bonchev–Trinajstić information content (AvgIpc) is 2.95. The van der Waals surface area contributed by atoms with E-state index in [0.29, 0.717) is 19.8 Å². The van der Waals surface area contributed by atoms with Gasteiger partial charge in [-0.05, 0) is 30.9 Å². The van der Waals surface area contributed by atoms with Gasteiger partial charge in [-0.25, -0.2) is 0 Å². The number of hydrogen-bond donors (Lipinski definition) is 1. The van der Waals surface area contributed by atoms with Gasteiger partial charge in [-0.1, -0.05) is 18.2 Å². The molecule has 0 radical (unpaired) electrons. The van der Waals surface area contributed by atoms with E-state index < -0.39 is 6.10 Å². The summed E-state index contributed by atoms with van der Waals surface area (Å²) in [7, 11) is 0. The summed E-state index contributed by atoms with van der Waals surface area (Å²) in [6.45, 7) is 1.75. The van der Waals surface area contributed by atoms with Crippen LogP contribution >= 0.6 is 0 Å². The van der Waals surface area contributed by atoms with Gasteiger partial charge >= 0.3 is 0 Å². The number of aliphatic hydroxyl groups excluding tert-OH is 1. The molecule has 4 heteroatoms. The SMILES string of the molecule is OC(COc1ccccc1)C1CCC2(CC1)OCCO2. The number of hydrogen-bond acceptors (Lipinski definition) is 4. The summed E-state index contributed by atoms with van der Waals surface area (Å²) in [5.41, 5.74) is 0. The number of ether oxygens (including phenoxy) is 3. The van der Waals surface area contributed by atoms with Crippen molar-refractivity contribution < 1.29 is 19.3 Å². The van der Waals surface area contributed by atoms with Crippen molar-refractivity contribution in [3.8, 4) is 5.75 Å². The minimum Gasteiger partial charge on any atom is -0.491 e. The second-order valence-electron chi connectivity index (χ2n) is 5.64. The van der Waals surface area contributed by atoms with Crippen LogP contribution in [-0.2, 0) is 9.47 Å². The van der Waals surface area contributed by atoms with Gasteiger partial charge in [-0.3, -0.25) is 0 Å². The Kier molecular flexibility index (Phi) is 4.24. The van der Waals surface area contributed by atoms with E-state index in [1.165, 1.54) is 0 Å². The first-order chi connectivity index (χ1) is 9.77. The molecule has 2 aliphatic rings. The Morgan fingerprint density at radius 1 is 1.15 bits per heavy atom. The van der Waals surface area contributed by atoms with Crippen LogP contribution in [0.3, 0.4) is 0 Å². The van der Waals surface area contributed by atoms with Crippen molar-refractivity contribution >= 4 is 0 Å². The second kappa shape index (κ2) is 6.12. The van der Waals surface area contributed by atoms with Crippen LogP contribution in [0.2, 0.25) is 0 Å². The smallest absolute Gasteiger partial charge is 0.168 e. The zero-order chi connectivity index (χ0) is 13.8. The molecule has 20 heavy (non-hydrogen) atoms.